The molecule has 19 heavy (non-hydrogen) atoms. The third-order valence-electron chi connectivity index (χ3n) is 3.07. The maximum atomic E-state index is 12.1. The molecule has 1 saturated heterocycles. The summed E-state index contributed by atoms with van der Waals surface area (Å²) in [5.41, 5.74) is 6.06. The van der Waals surface area contributed by atoms with Crippen molar-refractivity contribution in [1.82, 2.24) is 4.90 Å². The lowest BCUT2D eigenvalue weighted by atomic mass is 9.95. The first-order chi connectivity index (χ1) is 8.91. The van der Waals surface area contributed by atoms with Gasteiger partial charge in [-0.25, -0.2) is 4.79 Å². The second kappa shape index (κ2) is 4.89. The monoisotopic (exact) mass is 264 g/mol. The zero-order chi connectivity index (χ0) is 14.0. The van der Waals surface area contributed by atoms with Crippen molar-refractivity contribution in [3.05, 3.63) is 29.8 Å². The molecule has 1 amide bonds. The van der Waals surface area contributed by atoms with Gasteiger partial charge in [-0.05, 0) is 19.1 Å². The highest BCUT2D eigenvalue weighted by Gasteiger charge is 2.43. The van der Waals surface area contributed by atoms with E-state index in [2.05, 4.69) is 0 Å². The minimum Gasteiger partial charge on any atom is -0.480 e. The lowest BCUT2D eigenvalue weighted by Crippen LogP contribution is -2.63. The van der Waals surface area contributed by atoms with E-state index in [1.165, 1.54) is 0 Å². The molecule has 6 heteroatoms. The van der Waals surface area contributed by atoms with Crippen molar-refractivity contribution < 1.29 is 19.4 Å². The number of nitrogens with zero attached hydrogens (tertiary/aromatic N) is 1. The van der Waals surface area contributed by atoms with Gasteiger partial charge in [0.05, 0.1) is 18.7 Å². The molecule has 6 nitrogen and oxygen atoms in total. The van der Waals surface area contributed by atoms with Gasteiger partial charge in [0, 0.05) is 5.69 Å². The van der Waals surface area contributed by atoms with Crippen LogP contribution in [0.5, 0.6) is 0 Å². The van der Waals surface area contributed by atoms with Gasteiger partial charge in [0.1, 0.15) is 12.2 Å². The van der Waals surface area contributed by atoms with Crippen LogP contribution in [0.15, 0.2) is 24.3 Å². The van der Waals surface area contributed by atoms with Crippen LogP contribution in [0.3, 0.4) is 0 Å². The van der Waals surface area contributed by atoms with Crippen molar-refractivity contribution in [3.8, 4) is 0 Å². The normalized spacial score (nSPS) is 16.8. The van der Waals surface area contributed by atoms with Crippen molar-refractivity contribution >= 4 is 17.6 Å². The second-order valence-electron chi connectivity index (χ2n) is 4.88. The third kappa shape index (κ3) is 2.85. The minimum atomic E-state index is -1.02. The maximum absolute atomic E-state index is 12.1. The minimum absolute atomic E-state index is 0.158. The number of aliphatic carboxylic acids is 1. The SMILES string of the molecule is CC1(OCC(=O)O)CN(C(=O)c2ccccc2N)C1. The molecule has 1 fully saturated rings. The van der Waals surface area contributed by atoms with E-state index in [0.29, 0.717) is 24.3 Å². The fourth-order valence-electron chi connectivity index (χ4n) is 2.09. The number of carboxylic acid groups (broad SMARTS) is 1. The number of rotatable bonds is 4. The Labute approximate surface area is 110 Å². The van der Waals surface area contributed by atoms with E-state index >= 15 is 0 Å². The van der Waals surface area contributed by atoms with Gasteiger partial charge in [-0.1, -0.05) is 12.1 Å². The lowest BCUT2D eigenvalue weighted by Gasteiger charge is -2.47. The van der Waals surface area contributed by atoms with Crippen LogP contribution >= 0.6 is 0 Å². The number of ether oxygens (including phenoxy) is 1. The molecule has 2 rings (SSSR count). The van der Waals surface area contributed by atoms with Gasteiger partial charge < -0.3 is 20.5 Å². The van der Waals surface area contributed by atoms with Gasteiger partial charge in [-0.3, -0.25) is 4.79 Å². The summed E-state index contributed by atoms with van der Waals surface area (Å²) in [6.07, 6.45) is 0. The van der Waals surface area contributed by atoms with Gasteiger partial charge in [-0.15, -0.1) is 0 Å². The Morgan fingerprint density at radius 3 is 2.63 bits per heavy atom. The molecule has 1 aliphatic rings. The number of likely N-dealkylation sites (tertiary alicyclic amines) is 1. The molecule has 1 aromatic rings. The molecule has 0 saturated carbocycles. The highest BCUT2D eigenvalue weighted by molar-refractivity contribution is 5.99. The molecule has 1 aliphatic heterocycles. The van der Waals surface area contributed by atoms with Crippen molar-refractivity contribution in [3.63, 3.8) is 0 Å². The summed E-state index contributed by atoms with van der Waals surface area (Å²) in [6, 6.07) is 6.87. The van der Waals surface area contributed by atoms with Crippen molar-refractivity contribution in [2.45, 2.75) is 12.5 Å². The molecule has 0 aromatic heterocycles. The number of nitrogens with two attached hydrogens (primary N) is 1. The number of carbonyl (C=O) groups is 2. The second-order valence-corrected chi connectivity index (χ2v) is 4.88. The summed E-state index contributed by atoms with van der Waals surface area (Å²) in [5.74, 6) is -1.17. The fraction of sp³-hybridized carbons (Fsp3) is 0.385. The summed E-state index contributed by atoms with van der Waals surface area (Å²) >= 11 is 0. The summed E-state index contributed by atoms with van der Waals surface area (Å²) < 4.78 is 5.25. The number of amides is 1. The van der Waals surface area contributed by atoms with Gasteiger partial charge in [0.2, 0.25) is 0 Å². The van der Waals surface area contributed by atoms with Crippen LogP contribution in [0.4, 0.5) is 5.69 Å². The smallest absolute Gasteiger partial charge is 0.329 e. The zero-order valence-corrected chi connectivity index (χ0v) is 10.6. The van der Waals surface area contributed by atoms with Gasteiger partial charge in [0.15, 0.2) is 0 Å². The van der Waals surface area contributed by atoms with Gasteiger partial charge in [-0.2, -0.15) is 0 Å². The molecule has 0 radical (unpaired) electrons. The van der Waals surface area contributed by atoms with Gasteiger partial charge in [0.25, 0.3) is 5.91 Å². The summed E-state index contributed by atoms with van der Waals surface area (Å²) in [4.78, 5) is 24.2. The van der Waals surface area contributed by atoms with Crippen molar-refractivity contribution in [2.24, 2.45) is 0 Å². The van der Waals surface area contributed by atoms with Crippen LogP contribution in [0.2, 0.25) is 0 Å². The molecule has 3 N–H and O–H groups in total. The van der Waals surface area contributed by atoms with Crippen LogP contribution in [0.25, 0.3) is 0 Å². The molecule has 102 valence electrons. The summed E-state index contributed by atoms with van der Waals surface area (Å²) in [5, 5.41) is 8.56. The quantitative estimate of drug-likeness (QED) is 0.776. The first kappa shape index (κ1) is 13.4. The number of carbonyl (C=O) groups excluding carboxylic acids is 1. The average molecular weight is 264 g/mol. The molecule has 0 spiro atoms. The Morgan fingerprint density at radius 1 is 1.42 bits per heavy atom. The standard InChI is InChI=1S/C13H16N2O4/c1-13(19-6-11(16)17)7-15(8-13)12(18)9-4-2-3-5-10(9)14/h2-5H,6-8,14H2,1H3,(H,16,17). The fourth-order valence-corrected chi connectivity index (χ4v) is 2.09. The lowest BCUT2D eigenvalue weighted by molar-refractivity contribution is -0.159. The van der Waals surface area contributed by atoms with E-state index < -0.39 is 11.6 Å². The Kier molecular flexibility index (Phi) is 3.44. The average Bonchev–Trinajstić information content (AvgIpc) is 2.33. The van der Waals surface area contributed by atoms with E-state index in [0.717, 1.165) is 0 Å². The topological polar surface area (TPSA) is 92.9 Å². The van der Waals surface area contributed by atoms with Crippen LogP contribution in [0, 0.1) is 0 Å². The molecular formula is C13H16N2O4. The van der Waals surface area contributed by atoms with E-state index in [4.69, 9.17) is 15.6 Å². The molecular weight excluding hydrogens is 248 g/mol. The molecule has 1 aromatic carbocycles. The Morgan fingerprint density at radius 2 is 2.05 bits per heavy atom. The molecule has 0 atom stereocenters. The van der Waals surface area contributed by atoms with Crippen LogP contribution < -0.4 is 5.73 Å². The van der Waals surface area contributed by atoms with Gasteiger partial charge >= 0.3 is 5.97 Å². The number of para-hydroxylation sites is 1. The van der Waals surface area contributed by atoms with Crippen LogP contribution in [-0.4, -0.2) is 47.2 Å². The first-order valence-electron chi connectivity index (χ1n) is 5.91. The number of benzene rings is 1. The predicted octanol–water partition coefficient (Wildman–Crippen LogP) is 0.584. The number of hydrogen-bond donors (Lipinski definition) is 2. The van der Waals surface area contributed by atoms with E-state index in [-0.39, 0.29) is 12.5 Å². The highest BCUT2D eigenvalue weighted by Crippen LogP contribution is 2.27. The molecule has 0 bridgehead atoms. The predicted molar refractivity (Wildman–Crippen MR) is 68.8 cm³/mol. The first-order valence-corrected chi connectivity index (χ1v) is 5.91. The zero-order valence-electron chi connectivity index (χ0n) is 10.6. The summed E-state index contributed by atoms with van der Waals surface area (Å²) in [6.45, 7) is 2.17. The van der Waals surface area contributed by atoms with Crippen LogP contribution in [0.1, 0.15) is 17.3 Å². The number of anilines is 1. The van der Waals surface area contributed by atoms with Crippen molar-refractivity contribution in [2.75, 3.05) is 25.4 Å². The van der Waals surface area contributed by atoms with E-state index in [1.807, 2.05) is 0 Å². The summed E-state index contributed by atoms with van der Waals surface area (Å²) in [7, 11) is 0. The van der Waals surface area contributed by atoms with E-state index in [9.17, 15) is 9.59 Å². The molecule has 1 heterocycles. The highest BCUT2D eigenvalue weighted by atomic mass is 16.5. The maximum Gasteiger partial charge on any atom is 0.329 e. The number of hydrogen-bond acceptors (Lipinski definition) is 4. The van der Waals surface area contributed by atoms with Crippen LogP contribution in [-0.2, 0) is 9.53 Å². The number of carboxylic acids is 1. The Balaban J connectivity index is 1.95. The van der Waals surface area contributed by atoms with Crippen molar-refractivity contribution in [1.29, 1.82) is 0 Å². The van der Waals surface area contributed by atoms with E-state index in [1.54, 1.807) is 36.1 Å². The Bertz CT molecular complexity index is 509. The molecule has 0 unspecified atom stereocenters. The third-order valence-corrected chi connectivity index (χ3v) is 3.07. The largest absolute Gasteiger partial charge is 0.480 e. The molecule has 0 aliphatic carbocycles. The number of nitrogen functional groups attached to an aromatic ring is 1. The Hall–Kier alpha value is -2.08.